The van der Waals surface area contributed by atoms with E-state index in [2.05, 4.69) is 10.1 Å². The maximum absolute atomic E-state index is 10.4. The molecule has 0 saturated carbocycles. The molecular formula is C15H20ClN3O2. The van der Waals surface area contributed by atoms with E-state index in [1.807, 2.05) is 18.5 Å². The molecule has 5 nitrogen and oxygen atoms in total. The lowest BCUT2D eigenvalue weighted by Gasteiger charge is -2.12. The molecule has 0 saturated heterocycles. The Labute approximate surface area is 129 Å². The number of ether oxygens (including phenoxy) is 1. The summed E-state index contributed by atoms with van der Waals surface area (Å²) in [4.78, 5) is 4.11. The minimum atomic E-state index is -0.674. The predicted molar refractivity (Wildman–Crippen MR) is 81.7 cm³/mol. The number of aliphatic hydroxyl groups excluding tert-OH is 1. The van der Waals surface area contributed by atoms with Crippen LogP contribution in [0.1, 0.15) is 36.9 Å². The Hall–Kier alpha value is -1.59. The summed E-state index contributed by atoms with van der Waals surface area (Å²) in [6.07, 6.45) is 2.13. The smallest absolute Gasteiger partial charge is 0.212 e. The number of hydrogen-bond donors (Lipinski definition) is 1. The van der Waals surface area contributed by atoms with Crippen LogP contribution >= 0.6 is 11.6 Å². The zero-order valence-electron chi connectivity index (χ0n) is 12.5. The van der Waals surface area contributed by atoms with Gasteiger partial charge < -0.3 is 9.84 Å². The van der Waals surface area contributed by atoms with Crippen molar-refractivity contribution in [1.29, 1.82) is 0 Å². The monoisotopic (exact) mass is 309 g/mol. The largest absolute Gasteiger partial charge is 0.481 e. The Bertz CT molecular complexity index is 596. The molecule has 0 aliphatic rings. The molecule has 0 spiro atoms. The highest BCUT2D eigenvalue weighted by molar-refractivity contribution is 6.31. The molecule has 0 aromatic carbocycles. The maximum Gasteiger partial charge on any atom is 0.212 e. The van der Waals surface area contributed by atoms with Crippen LogP contribution < -0.4 is 4.74 Å². The van der Waals surface area contributed by atoms with Crippen molar-refractivity contribution in [1.82, 2.24) is 14.8 Å². The zero-order valence-corrected chi connectivity index (χ0v) is 13.3. The van der Waals surface area contributed by atoms with Crippen LogP contribution in [0.25, 0.3) is 0 Å². The standard InChI is InChI=1S/C15H20ClN3O2/c1-4-11-15(16)12(19(5-2)18-11)8-13(20)10-6-7-14(21-3)17-9-10/h6-7,9,13,20H,4-5,8H2,1-3H3. The van der Waals surface area contributed by atoms with Crippen LogP contribution in [0.5, 0.6) is 5.88 Å². The molecule has 0 aliphatic carbocycles. The summed E-state index contributed by atoms with van der Waals surface area (Å²) in [5.41, 5.74) is 2.46. The minimum Gasteiger partial charge on any atom is -0.481 e. The third-order valence-corrected chi connectivity index (χ3v) is 3.87. The summed E-state index contributed by atoms with van der Waals surface area (Å²) in [7, 11) is 1.56. The highest BCUT2D eigenvalue weighted by atomic mass is 35.5. The van der Waals surface area contributed by atoms with Crippen molar-refractivity contribution in [3.05, 3.63) is 40.3 Å². The fourth-order valence-corrected chi connectivity index (χ4v) is 2.57. The van der Waals surface area contributed by atoms with Crippen molar-refractivity contribution in [2.24, 2.45) is 0 Å². The molecule has 6 heteroatoms. The Morgan fingerprint density at radius 3 is 2.67 bits per heavy atom. The van der Waals surface area contributed by atoms with E-state index in [1.54, 1.807) is 25.4 Å². The fourth-order valence-electron chi connectivity index (χ4n) is 2.22. The molecule has 0 bridgehead atoms. The molecule has 0 amide bonds. The summed E-state index contributed by atoms with van der Waals surface area (Å²) >= 11 is 6.36. The Morgan fingerprint density at radius 1 is 1.38 bits per heavy atom. The lowest BCUT2D eigenvalue weighted by Crippen LogP contribution is -2.09. The first-order valence-electron chi connectivity index (χ1n) is 7.02. The molecule has 114 valence electrons. The van der Waals surface area contributed by atoms with Crippen LogP contribution in [0, 0.1) is 0 Å². The number of nitrogens with zero attached hydrogens (tertiary/aromatic N) is 3. The van der Waals surface area contributed by atoms with Gasteiger partial charge in [0.25, 0.3) is 0 Å². The first-order chi connectivity index (χ1) is 10.1. The number of rotatable bonds is 6. The van der Waals surface area contributed by atoms with Gasteiger partial charge in [-0.05, 0) is 25.0 Å². The van der Waals surface area contributed by atoms with Crippen LogP contribution in [-0.4, -0.2) is 27.0 Å². The lowest BCUT2D eigenvalue weighted by molar-refractivity contribution is 0.175. The van der Waals surface area contributed by atoms with Gasteiger partial charge in [-0.2, -0.15) is 5.10 Å². The summed E-state index contributed by atoms with van der Waals surface area (Å²) in [6, 6.07) is 3.53. The van der Waals surface area contributed by atoms with Crippen molar-refractivity contribution >= 4 is 11.6 Å². The molecule has 0 fully saturated rings. The molecule has 21 heavy (non-hydrogen) atoms. The van der Waals surface area contributed by atoms with Gasteiger partial charge in [0.15, 0.2) is 0 Å². The molecule has 2 aromatic heterocycles. The summed E-state index contributed by atoms with van der Waals surface area (Å²) in [5.74, 6) is 0.524. The maximum atomic E-state index is 10.4. The first kappa shape index (κ1) is 15.8. The Morgan fingerprint density at radius 2 is 2.14 bits per heavy atom. The predicted octanol–water partition coefficient (Wildman–Crippen LogP) is 2.80. The fraction of sp³-hybridized carbons (Fsp3) is 0.467. The highest BCUT2D eigenvalue weighted by Gasteiger charge is 2.18. The Kier molecular flexibility index (Phi) is 5.20. The summed E-state index contributed by atoms with van der Waals surface area (Å²) in [6.45, 7) is 4.75. The molecule has 1 unspecified atom stereocenters. The van der Waals surface area contributed by atoms with Gasteiger partial charge >= 0.3 is 0 Å². The molecule has 0 radical (unpaired) electrons. The molecular weight excluding hydrogens is 290 g/mol. The van der Waals surface area contributed by atoms with Crippen molar-refractivity contribution in [3.63, 3.8) is 0 Å². The molecule has 2 rings (SSSR count). The number of aryl methyl sites for hydroxylation is 2. The SMILES string of the molecule is CCc1nn(CC)c(CC(O)c2ccc(OC)nc2)c1Cl. The average molecular weight is 310 g/mol. The van der Waals surface area contributed by atoms with Crippen LogP contribution in [0.15, 0.2) is 18.3 Å². The quantitative estimate of drug-likeness (QED) is 0.891. The van der Waals surface area contributed by atoms with E-state index >= 15 is 0 Å². The van der Waals surface area contributed by atoms with Crippen molar-refractivity contribution < 1.29 is 9.84 Å². The van der Waals surface area contributed by atoms with Crippen molar-refractivity contribution in [2.45, 2.75) is 39.3 Å². The molecule has 2 aromatic rings. The number of hydrogen-bond acceptors (Lipinski definition) is 4. The van der Waals surface area contributed by atoms with Crippen molar-refractivity contribution in [2.75, 3.05) is 7.11 Å². The van der Waals surface area contributed by atoms with Crippen LogP contribution in [0.3, 0.4) is 0 Å². The second kappa shape index (κ2) is 6.91. The average Bonchev–Trinajstić information content (AvgIpc) is 2.83. The van der Waals surface area contributed by atoms with Crippen molar-refractivity contribution in [3.8, 4) is 5.88 Å². The normalized spacial score (nSPS) is 12.4. The lowest BCUT2D eigenvalue weighted by atomic mass is 10.1. The van der Waals surface area contributed by atoms with Gasteiger partial charge in [-0.15, -0.1) is 0 Å². The number of methoxy groups -OCH3 is 1. The third-order valence-electron chi connectivity index (χ3n) is 3.43. The number of pyridine rings is 1. The highest BCUT2D eigenvalue weighted by Crippen LogP contribution is 2.27. The summed E-state index contributed by atoms with van der Waals surface area (Å²) in [5, 5.41) is 15.5. The van der Waals surface area contributed by atoms with E-state index in [4.69, 9.17) is 16.3 Å². The summed E-state index contributed by atoms with van der Waals surface area (Å²) < 4.78 is 6.86. The van der Waals surface area contributed by atoms with E-state index in [9.17, 15) is 5.11 Å². The van der Waals surface area contributed by atoms with Crippen LogP contribution in [0.4, 0.5) is 0 Å². The minimum absolute atomic E-state index is 0.410. The zero-order chi connectivity index (χ0) is 15.4. The van der Waals surface area contributed by atoms with E-state index < -0.39 is 6.10 Å². The second-order valence-corrected chi connectivity index (χ2v) is 5.11. The molecule has 1 atom stereocenters. The van der Waals surface area contributed by atoms with Gasteiger partial charge in [0.2, 0.25) is 5.88 Å². The number of halogens is 1. The first-order valence-corrected chi connectivity index (χ1v) is 7.40. The third kappa shape index (κ3) is 3.36. The van der Waals surface area contributed by atoms with Gasteiger partial charge in [-0.25, -0.2) is 4.98 Å². The molecule has 1 N–H and O–H groups in total. The van der Waals surface area contributed by atoms with E-state index in [-0.39, 0.29) is 0 Å². The van der Waals surface area contributed by atoms with E-state index in [0.29, 0.717) is 17.3 Å². The van der Waals surface area contributed by atoms with Gasteiger partial charge in [0, 0.05) is 25.2 Å². The number of aliphatic hydroxyl groups is 1. The topological polar surface area (TPSA) is 60.2 Å². The second-order valence-electron chi connectivity index (χ2n) is 4.73. The van der Waals surface area contributed by atoms with Gasteiger partial charge in [-0.1, -0.05) is 18.5 Å². The van der Waals surface area contributed by atoms with Gasteiger partial charge in [-0.3, -0.25) is 4.68 Å². The van der Waals surface area contributed by atoms with Crippen LogP contribution in [0.2, 0.25) is 5.02 Å². The van der Waals surface area contributed by atoms with E-state index in [1.165, 1.54) is 0 Å². The number of aromatic nitrogens is 3. The van der Waals surface area contributed by atoms with Crippen LogP contribution in [-0.2, 0) is 19.4 Å². The Balaban J connectivity index is 2.22. The molecule has 0 aliphatic heterocycles. The van der Waals surface area contributed by atoms with E-state index in [0.717, 1.165) is 29.9 Å². The van der Waals surface area contributed by atoms with Gasteiger partial charge in [0.05, 0.1) is 29.6 Å². The molecule has 2 heterocycles. The van der Waals surface area contributed by atoms with Gasteiger partial charge in [0.1, 0.15) is 0 Å².